The summed E-state index contributed by atoms with van der Waals surface area (Å²) in [5.41, 5.74) is 7.59. The van der Waals surface area contributed by atoms with E-state index in [2.05, 4.69) is 20.3 Å². The van der Waals surface area contributed by atoms with E-state index in [1.54, 1.807) is 30.5 Å². The zero-order valence-electron chi connectivity index (χ0n) is 19.8. The van der Waals surface area contributed by atoms with E-state index in [0.717, 1.165) is 11.1 Å². The largest absolute Gasteiger partial charge is 0.481 e. The average Bonchev–Trinajstić information content (AvgIpc) is 3.12. The minimum atomic E-state index is -1.30. The highest BCUT2D eigenvalue weighted by Gasteiger charge is 2.21. The molecule has 0 saturated carbocycles. The van der Waals surface area contributed by atoms with Crippen LogP contribution in [0.5, 0.6) is 0 Å². The Labute approximate surface area is 213 Å². The van der Waals surface area contributed by atoms with Crippen LogP contribution in [-0.4, -0.2) is 87.4 Å². The fraction of sp³-hybridized carbons (Fsp3) is 0.250. The number of anilines is 1. The molecular formula is C20H35N5O13. The third-order valence-corrected chi connectivity index (χ3v) is 4.79. The molecule has 0 aliphatic carbocycles. The molecule has 0 aliphatic heterocycles. The van der Waals surface area contributed by atoms with Gasteiger partial charge in [0.05, 0.1) is 5.39 Å². The van der Waals surface area contributed by atoms with Gasteiger partial charge in [-0.15, -0.1) is 0 Å². The molecule has 18 heteroatoms. The van der Waals surface area contributed by atoms with E-state index in [0.29, 0.717) is 23.9 Å². The number of nitrogens with one attached hydrogen (secondary N) is 3. The van der Waals surface area contributed by atoms with Gasteiger partial charge in [0.2, 0.25) is 5.95 Å². The summed E-state index contributed by atoms with van der Waals surface area (Å²) in [5.74, 6) is -3.00. The Hall–Kier alpha value is -4.43. The van der Waals surface area contributed by atoms with Gasteiger partial charge in [0.1, 0.15) is 11.7 Å². The van der Waals surface area contributed by atoms with Gasteiger partial charge >= 0.3 is 11.9 Å². The molecule has 2 heterocycles. The van der Waals surface area contributed by atoms with Crippen LogP contribution in [-0.2, 0) is 22.4 Å². The zero-order valence-corrected chi connectivity index (χ0v) is 19.8. The Morgan fingerprint density at radius 2 is 1.53 bits per heavy atom. The molecule has 0 spiro atoms. The first-order valence-electron chi connectivity index (χ1n) is 9.44. The maximum absolute atomic E-state index is 12.3. The smallest absolute Gasteiger partial charge is 0.326 e. The number of aryl methyl sites for hydroxylation is 2. The minimum absolute atomic E-state index is 0. The molecule has 1 unspecified atom stereocenters. The van der Waals surface area contributed by atoms with Crippen molar-refractivity contribution in [2.24, 2.45) is 0 Å². The number of aliphatic carboxylic acids is 2. The molecule has 3 aromatic rings. The first-order chi connectivity index (χ1) is 14.7. The number of fused-ring (bicyclic) bond motifs is 1. The maximum Gasteiger partial charge on any atom is 0.326 e. The number of hydrogen-bond acceptors (Lipinski definition) is 6. The maximum atomic E-state index is 12.3. The van der Waals surface area contributed by atoms with Crippen molar-refractivity contribution in [3.05, 3.63) is 57.5 Å². The fourth-order valence-electron chi connectivity index (χ4n) is 3.19. The number of benzene rings is 1. The van der Waals surface area contributed by atoms with Crippen molar-refractivity contribution in [3.8, 4) is 0 Å². The Morgan fingerprint density at radius 1 is 0.947 bits per heavy atom. The van der Waals surface area contributed by atoms with Gasteiger partial charge in [-0.25, -0.2) is 4.79 Å². The molecular weight excluding hydrogens is 518 g/mol. The van der Waals surface area contributed by atoms with E-state index in [-0.39, 0.29) is 68.2 Å². The molecule has 1 amide bonds. The number of aromatic nitrogens is 3. The Balaban J connectivity index is -0.000000519. The molecule has 0 aliphatic rings. The quantitative estimate of drug-likeness (QED) is 0.148. The number of carboxylic acid groups (broad SMARTS) is 2. The van der Waals surface area contributed by atoms with Gasteiger partial charge in [-0.05, 0) is 42.5 Å². The molecule has 3 rings (SSSR count). The number of nitrogen functional groups attached to an aromatic ring is 1. The van der Waals surface area contributed by atoms with E-state index in [1.165, 1.54) is 0 Å². The molecule has 1 aromatic carbocycles. The number of carboxylic acids is 2. The van der Waals surface area contributed by atoms with Crippen molar-refractivity contribution < 1.29 is 62.9 Å². The highest BCUT2D eigenvalue weighted by Crippen LogP contribution is 2.16. The molecule has 18 nitrogen and oxygen atoms in total. The third-order valence-electron chi connectivity index (χ3n) is 4.79. The monoisotopic (exact) mass is 553 g/mol. The number of carbonyl (C=O) groups excluding carboxylic acids is 1. The average molecular weight is 554 g/mol. The fourth-order valence-corrected chi connectivity index (χ4v) is 3.19. The van der Waals surface area contributed by atoms with Crippen molar-refractivity contribution in [2.75, 3.05) is 5.73 Å². The highest BCUT2D eigenvalue weighted by atomic mass is 16.4. The number of amides is 1. The molecule has 0 bridgehead atoms. The van der Waals surface area contributed by atoms with E-state index in [9.17, 15) is 19.2 Å². The lowest BCUT2D eigenvalue weighted by Crippen LogP contribution is -2.41. The Kier molecular flexibility index (Phi) is 21.6. The number of nitrogens with two attached hydrogens (primary N) is 1. The standard InChI is InChI=1S/C20H21N5O6.7H2O/c21-20-24-16-15(18(29)25-20)12(9-22-16)6-3-10-1-4-11(5-2-10)17(28)23-13(19(30)31)7-8-14(26)27;;;;;;;/h1-2,4-5,9,13H,3,6-8H2,(H,23,28)(H,26,27)(H,30,31)(H4,21,22,24,25,29);7*1H2. The summed E-state index contributed by atoms with van der Waals surface area (Å²) >= 11 is 0. The lowest BCUT2D eigenvalue weighted by molar-refractivity contribution is -0.140. The van der Waals surface area contributed by atoms with Crippen molar-refractivity contribution in [2.45, 2.75) is 31.7 Å². The Bertz CT molecular complexity index is 1190. The summed E-state index contributed by atoms with van der Waals surface area (Å²) in [7, 11) is 0. The summed E-state index contributed by atoms with van der Waals surface area (Å²) in [6.45, 7) is 0. The van der Waals surface area contributed by atoms with Crippen LogP contribution in [0.3, 0.4) is 0 Å². The molecule has 2 aromatic heterocycles. The van der Waals surface area contributed by atoms with E-state index in [1.807, 2.05) is 0 Å². The summed E-state index contributed by atoms with van der Waals surface area (Å²) in [6.07, 6.45) is 2.27. The normalized spacial score (nSPS) is 9.68. The van der Waals surface area contributed by atoms with Gasteiger partial charge in [0.25, 0.3) is 11.5 Å². The number of aromatic amines is 2. The van der Waals surface area contributed by atoms with Gasteiger partial charge in [0, 0.05) is 18.2 Å². The van der Waals surface area contributed by atoms with Gasteiger partial charge in [-0.3, -0.25) is 19.4 Å². The lowest BCUT2D eigenvalue weighted by atomic mass is 10.0. The van der Waals surface area contributed by atoms with E-state index < -0.39 is 23.9 Å². The third kappa shape index (κ3) is 10.7. The second kappa shape index (κ2) is 18.8. The number of H-pyrrole nitrogens is 2. The van der Waals surface area contributed by atoms with Gasteiger partial charge in [0.15, 0.2) is 0 Å². The van der Waals surface area contributed by atoms with Crippen LogP contribution in [0, 0.1) is 0 Å². The topological polar surface area (TPSA) is 412 Å². The van der Waals surface area contributed by atoms with Gasteiger partial charge in [-0.1, -0.05) is 12.1 Å². The summed E-state index contributed by atoms with van der Waals surface area (Å²) in [6, 6.07) is 5.30. The van der Waals surface area contributed by atoms with E-state index in [4.69, 9.17) is 15.9 Å². The van der Waals surface area contributed by atoms with Gasteiger partial charge in [-0.2, -0.15) is 4.98 Å². The van der Waals surface area contributed by atoms with Crippen LogP contribution < -0.4 is 16.6 Å². The van der Waals surface area contributed by atoms with Crippen LogP contribution in [0.4, 0.5) is 5.95 Å². The molecule has 0 fully saturated rings. The molecule has 0 saturated heterocycles. The van der Waals surface area contributed by atoms with Crippen molar-refractivity contribution in [1.29, 1.82) is 0 Å². The number of nitrogens with zero attached hydrogens (tertiary/aromatic N) is 1. The SMILES string of the molecule is Nc1nc2[nH]cc(CCc3ccc(C(=O)NC(CCC(=O)O)C(=O)O)cc3)c2c(=O)[nH]1.O.O.O.O.O.O.O. The lowest BCUT2D eigenvalue weighted by Gasteiger charge is -2.13. The van der Waals surface area contributed by atoms with Crippen molar-refractivity contribution >= 4 is 34.8 Å². The summed E-state index contributed by atoms with van der Waals surface area (Å²) in [4.78, 5) is 55.7. The molecule has 0 radical (unpaired) electrons. The first kappa shape index (κ1) is 43.6. The molecule has 1 atom stereocenters. The Morgan fingerprint density at radius 3 is 2.05 bits per heavy atom. The number of carbonyl (C=O) groups is 3. The van der Waals surface area contributed by atoms with Crippen molar-refractivity contribution in [1.82, 2.24) is 20.3 Å². The van der Waals surface area contributed by atoms with Crippen LogP contribution in [0.15, 0.2) is 35.3 Å². The van der Waals surface area contributed by atoms with Gasteiger partial charge < -0.3 is 64.6 Å². The van der Waals surface area contributed by atoms with Crippen molar-refractivity contribution in [3.63, 3.8) is 0 Å². The minimum Gasteiger partial charge on any atom is -0.481 e. The second-order valence-electron chi connectivity index (χ2n) is 6.98. The molecule has 38 heavy (non-hydrogen) atoms. The predicted molar refractivity (Wildman–Crippen MR) is 136 cm³/mol. The summed E-state index contributed by atoms with van der Waals surface area (Å²) in [5, 5.41) is 20.6. The van der Waals surface area contributed by atoms with Crippen LogP contribution >= 0.6 is 0 Å². The van der Waals surface area contributed by atoms with Crippen LogP contribution in [0.1, 0.15) is 34.3 Å². The molecule has 21 N–H and O–H groups in total. The molecule has 218 valence electrons. The van der Waals surface area contributed by atoms with Crippen LogP contribution in [0.25, 0.3) is 11.0 Å². The summed E-state index contributed by atoms with van der Waals surface area (Å²) < 4.78 is 0. The predicted octanol–water partition coefficient (Wildman–Crippen LogP) is -5.11. The second-order valence-corrected chi connectivity index (χ2v) is 6.98. The first-order valence-corrected chi connectivity index (χ1v) is 9.44. The van der Waals surface area contributed by atoms with Crippen LogP contribution in [0.2, 0.25) is 0 Å². The number of hydrogen-bond donors (Lipinski definition) is 6. The zero-order chi connectivity index (χ0) is 22.5. The van der Waals surface area contributed by atoms with E-state index >= 15 is 0 Å². The number of rotatable bonds is 9. The highest BCUT2D eigenvalue weighted by molar-refractivity contribution is 5.96.